The topological polar surface area (TPSA) is 71.5 Å². The number of rotatable bonds is 4. The van der Waals surface area contributed by atoms with Gasteiger partial charge in [0.15, 0.2) is 9.84 Å². The molecule has 2 aromatic rings. The highest BCUT2D eigenvalue weighted by molar-refractivity contribution is 7.91. The van der Waals surface area contributed by atoms with Crippen molar-refractivity contribution < 1.29 is 16.8 Å². The summed E-state index contributed by atoms with van der Waals surface area (Å²) >= 11 is 6.15. The molecule has 0 saturated carbocycles. The zero-order valence-electron chi connectivity index (χ0n) is 15.4. The van der Waals surface area contributed by atoms with Gasteiger partial charge in [-0.15, -0.1) is 0 Å². The second-order valence-electron chi connectivity index (χ2n) is 7.06. The van der Waals surface area contributed by atoms with Crippen molar-refractivity contribution >= 4 is 31.5 Å². The second-order valence-corrected chi connectivity index (χ2v) is 11.3. The first-order valence-electron chi connectivity index (χ1n) is 8.60. The molecule has 0 aliphatic carbocycles. The monoisotopic (exact) mass is 427 g/mol. The molecule has 2 aromatic carbocycles. The van der Waals surface area contributed by atoms with Crippen LogP contribution in [0.3, 0.4) is 0 Å². The third-order valence-corrected chi connectivity index (χ3v) is 8.25. The number of hydrogen-bond donors (Lipinski definition) is 0. The molecule has 0 amide bonds. The summed E-state index contributed by atoms with van der Waals surface area (Å²) in [5.74, 6) is 0. The lowest BCUT2D eigenvalue weighted by atomic mass is 10.0. The molecular weight excluding hydrogens is 406 g/mol. The summed E-state index contributed by atoms with van der Waals surface area (Å²) in [7, 11) is -7.48. The van der Waals surface area contributed by atoms with Gasteiger partial charge < -0.3 is 0 Å². The Bertz CT molecular complexity index is 1070. The van der Waals surface area contributed by atoms with Crippen molar-refractivity contribution in [2.45, 2.75) is 42.5 Å². The van der Waals surface area contributed by atoms with E-state index in [0.29, 0.717) is 13.0 Å². The Morgan fingerprint density at radius 2 is 1.63 bits per heavy atom. The quantitative estimate of drug-likeness (QED) is 0.742. The van der Waals surface area contributed by atoms with Crippen LogP contribution in [-0.2, 0) is 19.9 Å². The maximum absolute atomic E-state index is 13.3. The van der Waals surface area contributed by atoms with E-state index in [-0.39, 0.29) is 20.9 Å². The molecule has 27 heavy (non-hydrogen) atoms. The number of halogens is 1. The highest BCUT2D eigenvalue weighted by atomic mass is 35.5. The van der Waals surface area contributed by atoms with E-state index < -0.39 is 19.9 Å². The molecule has 146 valence electrons. The van der Waals surface area contributed by atoms with Crippen molar-refractivity contribution in [1.29, 1.82) is 0 Å². The van der Waals surface area contributed by atoms with E-state index in [1.54, 1.807) is 0 Å². The Balaban J connectivity index is 2.09. The normalized spacial score (nSPS) is 18.7. The Morgan fingerprint density at radius 1 is 1.00 bits per heavy atom. The van der Waals surface area contributed by atoms with E-state index >= 15 is 0 Å². The van der Waals surface area contributed by atoms with Crippen LogP contribution in [0.4, 0.5) is 0 Å². The van der Waals surface area contributed by atoms with Gasteiger partial charge >= 0.3 is 0 Å². The van der Waals surface area contributed by atoms with E-state index in [9.17, 15) is 16.8 Å². The molecule has 0 N–H and O–H groups in total. The molecular formula is C19H22ClNO4S2. The minimum absolute atomic E-state index is 0.0217. The fraction of sp³-hybridized carbons (Fsp3) is 0.368. The van der Waals surface area contributed by atoms with E-state index in [0.717, 1.165) is 35.4 Å². The third kappa shape index (κ3) is 4.06. The number of benzene rings is 2. The highest BCUT2D eigenvalue weighted by Crippen LogP contribution is 2.39. The van der Waals surface area contributed by atoms with E-state index in [4.69, 9.17) is 11.6 Å². The third-order valence-electron chi connectivity index (χ3n) is 4.75. The van der Waals surface area contributed by atoms with Crippen LogP contribution >= 0.6 is 11.6 Å². The smallest absolute Gasteiger partial charge is 0.224 e. The first-order chi connectivity index (χ1) is 12.5. The standard InChI is InChI=1S/C19H22ClNO4S2/c1-13-9-14(2)11-15(10-13)18-5-4-8-21(18)27(24,25)19-12-16(26(3,22)23)6-7-17(19)20/h6-7,9-12,18H,4-5,8H2,1-3H3. The van der Waals surface area contributed by atoms with Gasteiger partial charge in [0.1, 0.15) is 4.90 Å². The maximum Gasteiger partial charge on any atom is 0.245 e. The summed E-state index contributed by atoms with van der Waals surface area (Å²) in [6, 6.07) is 9.56. The van der Waals surface area contributed by atoms with Crippen molar-refractivity contribution in [2.75, 3.05) is 12.8 Å². The average Bonchev–Trinajstić information content (AvgIpc) is 3.03. The molecule has 8 heteroatoms. The number of sulfone groups is 1. The van der Waals surface area contributed by atoms with Gasteiger partial charge in [0.25, 0.3) is 0 Å². The SMILES string of the molecule is Cc1cc(C)cc(C2CCCN2S(=O)(=O)c2cc(S(C)(=O)=O)ccc2Cl)c1. The van der Waals surface area contributed by atoms with Gasteiger partial charge in [0.05, 0.1) is 16.0 Å². The molecule has 1 aliphatic heterocycles. The van der Waals surface area contributed by atoms with Gasteiger partial charge in [-0.25, -0.2) is 16.8 Å². The van der Waals surface area contributed by atoms with Crippen LogP contribution in [0, 0.1) is 13.8 Å². The summed E-state index contributed by atoms with van der Waals surface area (Å²) in [6.07, 6.45) is 2.49. The minimum Gasteiger partial charge on any atom is -0.224 e. The Morgan fingerprint density at radius 3 is 2.22 bits per heavy atom. The number of hydrogen-bond acceptors (Lipinski definition) is 4. The zero-order chi connectivity index (χ0) is 20.0. The van der Waals surface area contributed by atoms with Crippen LogP contribution in [-0.4, -0.2) is 33.9 Å². The van der Waals surface area contributed by atoms with Crippen molar-refractivity contribution in [1.82, 2.24) is 4.31 Å². The average molecular weight is 428 g/mol. The Labute approximate surface area is 165 Å². The maximum atomic E-state index is 13.3. The molecule has 0 bridgehead atoms. The summed E-state index contributed by atoms with van der Waals surface area (Å²) < 4.78 is 51.8. The van der Waals surface area contributed by atoms with E-state index in [1.165, 1.54) is 16.4 Å². The molecule has 0 spiro atoms. The molecule has 1 heterocycles. The second kappa shape index (κ2) is 7.20. The molecule has 3 rings (SSSR count). The van der Waals surface area contributed by atoms with Gasteiger partial charge in [-0.05, 0) is 50.5 Å². The molecule has 0 aromatic heterocycles. The predicted molar refractivity (Wildman–Crippen MR) is 106 cm³/mol. The molecule has 0 radical (unpaired) electrons. The summed E-state index contributed by atoms with van der Waals surface area (Å²) in [5.41, 5.74) is 3.10. The number of nitrogens with zero attached hydrogens (tertiary/aromatic N) is 1. The Hall–Kier alpha value is -1.41. The summed E-state index contributed by atoms with van der Waals surface area (Å²) in [5, 5.41) is 0.0217. The molecule has 1 aliphatic rings. The molecule has 1 atom stereocenters. The van der Waals surface area contributed by atoms with E-state index in [2.05, 4.69) is 0 Å². The fourth-order valence-corrected chi connectivity index (χ4v) is 6.51. The first kappa shape index (κ1) is 20.3. The fourth-order valence-electron chi connectivity index (χ4n) is 3.60. The summed E-state index contributed by atoms with van der Waals surface area (Å²) in [4.78, 5) is -0.226. The number of sulfonamides is 1. The van der Waals surface area contributed by atoms with Gasteiger partial charge in [-0.2, -0.15) is 4.31 Å². The zero-order valence-corrected chi connectivity index (χ0v) is 17.8. The Kier molecular flexibility index (Phi) is 5.42. The lowest BCUT2D eigenvalue weighted by Gasteiger charge is -2.25. The summed E-state index contributed by atoms with van der Waals surface area (Å²) in [6.45, 7) is 4.34. The van der Waals surface area contributed by atoms with Crippen molar-refractivity contribution in [3.05, 3.63) is 58.1 Å². The van der Waals surface area contributed by atoms with Gasteiger partial charge in [0.2, 0.25) is 10.0 Å². The van der Waals surface area contributed by atoms with Crippen molar-refractivity contribution in [3.8, 4) is 0 Å². The van der Waals surface area contributed by atoms with Crippen LogP contribution in [0.5, 0.6) is 0 Å². The molecule has 1 unspecified atom stereocenters. The predicted octanol–water partition coefficient (Wildman–Crippen LogP) is 3.89. The highest BCUT2D eigenvalue weighted by Gasteiger charge is 2.37. The van der Waals surface area contributed by atoms with Crippen LogP contribution in [0.2, 0.25) is 5.02 Å². The van der Waals surface area contributed by atoms with E-state index in [1.807, 2.05) is 32.0 Å². The lowest BCUT2D eigenvalue weighted by molar-refractivity contribution is 0.396. The van der Waals surface area contributed by atoms with Gasteiger partial charge in [0, 0.05) is 12.8 Å². The van der Waals surface area contributed by atoms with Crippen LogP contribution in [0.25, 0.3) is 0 Å². The largest absolute Gasteiger partial charge is 0.245 e. The lowest BCUT2D eigenvalue weighted by Crippen LogP contribution is -2.31. The number of aryl methyl sites for hydroxylation is 2. The van der Waals surface area contributed by atoms with Crippen LogP contribution in [0.15, 0.2) is 46.2 Å². The molecule has 1 fully saturated rings. The van der Waals surface area contributed by atoms with Crippen molar-refractivity contribution in [2.24, 2.45) is 0 Å². The molecule has 5 nitrogen and oxygen atoms in total. The van der Waals surface area contributed by atoms with Crippen LogP contribution in [0.1, 0.15) is 35.6 Å². The van der Waals surface area contributed by atoms with Gasteiger partial charge in [-0.3, -0.25) is 0 Å². The van der Waals surface area contributed by atoms with Crippen LogP contribution < -0.4 is 0 Å². The first-order valence-corrected chi connectivity index (χ1v) is 12.3. The van der Waals surface area contributed by atoms with Crippen molar-refractivity contribution in [3.63, 3.8) is 0 Å². The van der Waals surface area contributed by atoms with Gasteiger partial charge in [-0.1, -0.05) is 40.9 Å². The molecule has 1 saturated heterocycles. The minimum atomic E-state index is -3.94.